The third-order valence-corrected chi connectivity index (χ3v) is 4.03. The molecule has 0 saturated carbocycles. The maximum absolute atomic E-state index is 6.01. The number of anilines is 1. The van der Waals surface area contributed by atoms with Gasteiger partial charge in [-0.25, -0.2) is 0 Å². The van der Waals surface area contributed by atoms with Crippen LogP contribution in [0, 0.1) is 0 Å². The number of ether oxygens (including phenoxy) is 1. The lowest BCUT2D eigenvalue weighted by molar-refractivity contribution is 0.413. The Morgan fingerprint density at radius 3 is 2.43 bits per heavy atom. The number of nitrogens with two attached hydrogens (primary N) is 1. The van der Waals surface area contributed by atoms with Crippen LogP contribution in [0.3, 0.4) is 0 Å². The van der Waals surface area contributed by atoms with Gasteiger partial charge in [0.2, 0.25) is 0 Å². The van der Waals surface area contributed by atoms with Gasteiger partial charge in [0, 0.05) is 11.0 Å². The van der Waals surface area contributed by atoms with Crippen molar-refractivity contribution < 1.29 is 4.74 Å². The summed E-state index contributed by atoms with van der Waals surface area (Å²) in [5.74, 6) is 0.827. The van der Waals surface area contributed by atoms with Gasteiger partial charge in [0.15, 0.2) is 0 Å². The summed E-state index contributed by atoms with van der Waals surface area (Å²) < 4.78 is 6.47. The van der Waals surface area contributed by atoms with Crippen LogP contribution in [0.5, 0.6) is 5.75 Å². The molecule has 0 aromatic heterocycles. The lowest BCUT2D eigenvalue weighted by atomic mass is 9.92. The van der Waals surface area contributed by atoms with Crippen LogP contribution in [-0.4, -0.2) is 19.2 Å². The van der Waals surface area contributed by atoms with Gasteiger partial charge in [-0.3, -0.25) is 0 Å². The summed E-state index contributed by atoms with van der Waals surface area (Å²) >= 11 is 3.46. The van der Waals surface area contributed by atoms with Crippen LogP contribution in [0.15, 0.2) is 53.0 Å². The lowest BCUT2D eigenvalue weighted by Crippen LogP contribution is -2.44. The molecule has 0 amide bonds. The standard InChI is InChI=1S/C17H21BrN2O/c1-17(12-19,11-13-7-9-14(18)10-8-13)20-15-5-3-4-6-16(15)21-2/h3-10,20H,11-12,19H2,1-2H3. The summed E-state index contributed by atoms with van der Waals surface area (Å²) in [7, 11) is 1.68. The number of hydrogen-bond donors (Lipinski definition) is 2. The van der Waals surface area contributed by atoms with Crippen LogP contribution < -0.4 is 15.8 Å². The van der Waals surface area contributed by atoms with Crippen molar-refractivity contribution in [3.63, 3.8) is 0 Å². The Morgan fingerprint density at radius 1 is 1.14 bits per heavy atom. The Labute approximate surface area is 134 Å². The predicted octanol–water partition coefficient (Wildman–Crippen LogP) is 3.83. The van der Waals surface area contributed by atoms with E-state index >= 15 is 0 Å². The average molecular weight is 349 g/mol. The van der Waals surface area contributed by atoms with Gasteiger partial charge in [-0.1, -0.05) is 40.2 Å². The van der Waals surface area contributed by atoms with E-state index in [9.17, 15) is 0 Å². The molecule has 1 unspecified atom stereocenters. The molecule has 2 aromatic rings. The van der Waals surface area contributed by atoms with Crippen molar-refractivity contribution >= 4 is 21.6 Å². The smallest absolute Gasteiger partial charge is 0.141 e. The van der Waals surface area contributed by atoms with E-state index in [1.807, 2.05) is 24.3 Å². The molecule has 3 N–H and O–H groups in total. The van der Waals surface area contributed by atoms with E-state index in [-0.39, 0.29) is 5.54 Å². The molecule has 3 nitrogen and oxygen atoms in total. The van der Waals surface area contributed by atoms with Gasteiger partial charge in [-0.05, 0) is 43.2 Å². The van der Waals surface area contributed by atoms with Gasteiger partial charge >= 0.3 is 0 Å². The second-order valence-corrected chi connectivity index (χ2v) is 6.31. The first-order chi connectivity index (χ1) is 10.1. The molecule has 0 radical (unpaired) electrons. The van der Waals surface area contributed by atoms with Crippen molar-refractivity contribution in [3.05, 3.63) is 58.6 Å². The van der Waals surface area contributed by atoms with Crippen molar-refractivity contribution in [3.8, 4) is 5.75 Å². The van der Waals surface area contributed by atoms with Gasteiger partial charge in [0.05, 0.1) is 18.3 Å². The summed E-state index contributed by atoms with van der Waals surface area (Å²) in [6.07, 6.45) is 0.842. The van der Waals surface area contributed by atoms with Gasteiger partial charge in [0.1, 0.15) is 5.75 Å². The predicted molar refractivity (Wildman–Crippen MR) is 91.9 cm³/mol. The average Bonchev–Trinajstić information content (AvgIpc) is 2.50. The molecular formula is C17H21BrN2O. The van der Waals surface area contributed by atoms with E-state index in [2.05, 4.69) is 52.4 Å². The Bertz CT molecular complexity index is 586. The minimum absolute atomic E-state index is 0.234. The largest absolute Gasteiger partial charge is 0.495 e. The normalized spacial score (nSPS) is 13.5. The zero-order valence-corrected chi connectivity index (χ0v) is 14.0. The first-order valence-corrected chi connectivity index (χ1v) is 7.71. The van der Waals surface area contributed by atoms with Crippen LogP contribution in [0.2, 0.25) is 0 Å². The molecule has 0 saturated heterocycles. The van der Waals surface area contributed by atoms with E-state index in [1.54, 1.807) is 7.11 Å². The van der Waals surface area contributed by atoms with Crippen LogP contribution >= 0.6 is 15.9 Å². The molecule has 21 heavy (non-hydrogen) atoms. The quantitative estimate of drug-likeness (QED) is 0.833. The zero-order valence-electron chi connectivity index (χ0n) is 12.4. The Balaban J connectivity index is 2.18. The van der Waals surface area contributed by atoms with Crippen molar-refractivity contribution in [2.75, 3.05) is 19.0 Å². The molecule has 0 fully saturated rings. The monoisotopic (exact) mass is 348 g/mol. The maximum Gasteiger partial charge on any atom is 0.141 e. The lowest BCUT2D eigenvalue weighted by Gasteiger charge is -2.31. The third-order valence-electron chi connectivity index (χ3n) is 3.50. The third kappa shape index (κ3) is 4.22. The highest BCUT2D eigenvalue weighted by molar-refractivity contribution is 9.10. The van der Waals surface area contributed by atoms with Gasteiger partial charge < -0.3 is 15.8 Å². The fourth-order valence-electron chi connectivity index (χ4n) is 2.29. The minimum atomic E-state index is -0.234. The van der Waals surface area contributed by atoms with Gasteiger partial charge in [0.25, 0.3) is 0 Å². The summed E-state index contributed by atoms with van der Waals surface area (Å²) in [5.41, 5.74) is 7.98. The van der Waals surface area contributed by atoms with Crippen molar-refractivity contribution in [1.29, 1.82) is 0 Å². The van der Waals surface area contributed by atoms with Gasteiger partial charge in [-0.2, -0.15) is 0 Å². The van der Waals surface area contributed by atoms with Crippen LogP contribution in [0.1, 0.15) is 12.5 Å². The molecule has 2 aromatic carbocycles. The minimum Gasteiger partial charge on any atom is -0.495 e. The van der Waals surface area contributed by atoms with E-state index in [1.165, 1.54) is 5.56 Å². The first-order valence-electron chi connectivity index (χ1n) is 6.92. The van der Waals surface area contributed by atoms with E-state index in [0.717, 1.165) is 22.3 Å². The molecule has 0 bridgehead atoms. The number of benzene rings is 2. The molecule has 0 aliphatic carbocycles. The topological polar surface area (TPSA) is 47.3 Å². The second kappa shape index (κ2) is 6.96. The molecular weight excluding hydrogens is 328 g/mol. The molecule has 0 aliphatic rings. The number of rotatable bonds is 6. The summed E-state index contributed by atoms with van der Waals surface area (Å²) in [6.45, 7) is 2.66. The highest BCUT2D eigenvalue weighted by Crippen LogP contribution is 2.28. The van der Waals surface area contributed by atoms with Crippen LogP contribution in [-0.2, 0) is 6.42 Å². The number of hydrogen-bond acceptors (Lipinski definition) is 3. The molecule has 4 heteroatoms. The van der Waals surface area contributed by atoms with Crippen molar-refractivity contribution in [1.82, 2.24) is 0 Å². The fraction of sp³-hybridized carbons (Fsp3) is 0.294. The Morgan fingerprint density at radius 2 is 1.81 bits per heavy atom. The molecule has 1 atom stereocenters. The van der Waals surface area contributed by atoms with Crippen molar-refractivity contribution in [2.45, 2.75) is 18.9 Å². The molecule has 0 heterocycles. The summed E-state index contributed by atoms with van der Waals surface area (Å²) in [4.78, 5) is 0. The number of nitrogens with one attached hydrogen (secondary N) is 1. The van der Waals surface area contributed by atoms with Crippen LogP contribution in [0.25, 0.3) is 0 Å². The van der Waals surface area contributed by atoms with Crippen molar-refractivity contribution in [2.24, 2.45) is 5.73 Å². The van der Waals surface area contributed by atoms with Crippen LogP contribution in [0.4, 0.5) is 5.69 Å². The molecule has 112 valence electrons. The second-order valence-electron chi connectivity index (χ2n) is 5.39. The Hall–Kier alpha value is -1.52. The Kier molecular flexibility index (Phi) is 5.26. The molecule has 0 aliphatic heterocycles. The van der Waals surface area contributed by atoms with E-state index < -0.39 is 0 Å². The maximum atomic E-state index is 6.01. The highest BCUT2D eigenvalue weighted by Gasteiger charge is 2.24. The summed E-state index contributed by atoms with van der Waals surface area (Å²) in [6, 6.07) is 16.2. The summed E-state index contributed by atoms with van der Waals surface area (Å²) in [5, 5.41) is 3.53. The number of methoxy groups -OCH3 is 1. The number of halogens is 1. The molecule has 2 rings (SSSR count). The van der Waals surface area contributed by atoms with E-state index in [4.69, 9.17) is 10.5 Å². The first kappa shape index (κ1) is 15.9. The molecule has 0 spiro atoms. The fourth-order valence-corrected chi connectivity index (χ4v) is 2.56. The highest BCUT2D eigenvalue weighted by atomic mass is 79.9. The van der Waals surface area contributed by atoms with Gasteiger partial charge in [-0.15, -0.1) is 0 Å². The van der Waals surface area contributed by atoms with E-state index in [0.29, 0.717) is 6.54 Å². The SMILES string of the molecule is COc1ccccc1NC(C)(CN)Cc1ccc(Br)cc1. The number of para-hydroxylation sites is 2. The zero-order chi connectivity index (χ0) is 15.3.